The maximum absolute atomic E-state index is 6.11. The third-order valence-electron chi connectivity index (χ3n) is 4.23. The minimum Gasteiger partial charge on any atom is -0.378 e. The second-order valence-electron chi connectivity index (χ2n) is 6.33. The fourth-order valence-corrected chi connectivity index (χ4v) is 3.28. The van der Waals surface area contributed by atoms with Gasteiger partial charge in [-0.2, -0.15) is 0 Å². The predicted molar refractivity (Wildman–Crippen MR) is 76.7 cm³/mol. The molecule has 1 aliphatic carbocycles. The lowest BCUT2D eigenvalue weighted by atomic mass is 9.80. The molecule has 2 aliphatic rings. The third-order valence-corrected chi connectivity index (χ3v) is 4.23. The van der Waals surface area contributed by atoms with Crippen molar-refractivity contribution in [3.8, 4) is 0 Å². The molecule has 18 heavy (non-hydrogen) atoms. The Morgan fingerprint density at radius 3 is 2.89 bits per heavy atom. The number of allylic oxidation sites excluding steroid dienone is 2. The number of hydrogen-bond acceptors (Lipinski definition) is 2. The van der Waals surface area contributed by atoms with Crippen LogP contribution in [0.15, 0.2) is 12.2 Å². The topological polar surface area (TPSA) is 21.3 Å². The quantitative estimate of drug-likeness (QED) is 0.756. The molecule has 1 aliphatic heterocycles. The lowest BCUT2D eigenvalue weighted by Crippen LogP contribution is -2.42. The van der Waals surface area contributed by atoms with Gasteiger partial charge in [0.05, 0.1) is 6.10 Å². The molecule has 3 unspecified atom stereocenters. The summed E-state index contributed by atoms with van der Waals surface area (Å²) >= 11 is 0. The zero-order valence-corrected chi connectivity index (χ0v) is 12.0. The van der Waals surface area contributed by atoms with Gasteiger partial charge in [-0.25, -0.2) is 0 Å². The van der Waals surface area contributed by atoms with Gasteiger partial charge in [0.15, 0.2) is 0 Å². The Bertz CT molecular complexity index is 262. The van der Waals surface area contributed by atoms with E-state index in [1.165, 1.54) is 32.1 Å². The van der Waals surface area contributed by atoms with Gasteiger partial charge in [0.25, 0.3) is 0 Å². The predicted octanol–water partition coefficient (Wildman–Crippen LogP) is 3.38. The summed E-state index contributed by atoms with van der Waals surface area (Å²) < 4.78 is 6.11. The van der Waals surface area contributed by atoms with Crippen molar-refractivity contribution >= 4 is 0 Å². The van der Waals surface area contributed by atoms with Gasteiger partial charge in [0, 0.05) is 13.2 Å². The largest absolute Gasteiger partial charge is 0.378 e. The first-order valence-corrected chi connectivity index (χ1v) is 7.74. The van der Waals surface area contributed by atoms with Crippen molar-refractivity contribution in [1.29, 1.82) is 0 Å². The van der Waals surface area contributed by atoms with Gasteiger partial charge in [-0.15, -0.1) is 0 Å². The Balaban J connectivity index is 1.83. The van der Waals surface area contributed by atoms with Crippen LogP contribution in [0.4, 0.5) is 0 Å². The van der Waals surface area contributed by atoms with Crippen LogP contribution in [0.25, 0.3) is 0 Å². The summed E-state index contributed by atoms with van der Waals surface area (Å²) in [5.41, 5.74) is 0. The van der Waals surface area contributed by atoms with E-state index < -0.39 is 0 Å². The van der Waals surface area contributed by atoms with Crippen LogP contribution in [0.2, 0.25) is 0 Å². The second kappa shape index (κ2) is 7.30. The molecule has 3 atom stereocenters. The highest BCUT2D eigenvalue weighted by Crippen LogP contribution is 2.32. The SMILES string of the molecule is CC(C)CNCC1CCCOC1C1CC=CCC1. The number of ether oxygens (including phenoxy) is 1. The van der Waals surface area contributed by atoms with Gasteiger partial charge in [0.2, 0.25) is 0 Å². The Morgan fingerprint density at radius 2 is 2.17 bits per heavy atom. The first kappa shape index (κ1) is 14.1. The average Bonchev–Trinajstić information content (AvgIpc) is 2.40. The molecule has 1 heterocycles. The molecule has 2 rings (SSSR count). The summed E-state index contributed by atoms with van der Waals surface area (Å²) in [5.74, 6) is 2.24. The highest BCUT2D eigenvalue weighted by atomic mass is 16.5. The van der Waals surface area contributed by atoms with E-state index in [1.54, 1.807) is 0 Å². The van der Waals surface area contributed by atoms with Crippen LogP contribution in [0.5, 0.6) is 0 Å². The van der Waals surface area contributed by atoms with Crippen LogP contribution in [0, 0.1) is 17.8 Å². The van der Waals surface area contributed by atoms with Crippen LogP contribution in [0.3, 0.4) is 0 Å². The van der Waals surface area contributed by atoms with E-state index in [0.717, 1.165) is 37.5 Å². The van der Waals surface area contributed by atoms with E-state index in [2.05, 4.69) is 31.3 Å². The van der Waals surface area contributed by atoms with Gasteiger partial charge in [-0.3, -0.25) is 0 Å². The average molecular weight is 251 g/mol. The second-order valence-corrected chi connectivity index (χ2v) is 6.33. The minimum atomic E-state index is 0.503. The highest BCUT2D eigenvalue weighted by Gasteiger charge is 2.32. The van der Waals surface area contributed by atoms with E-state index in [9.17, 15) is 0 Å². The maximum atomic E-state index is 6.11. The summed E-state index contributed by atoms with van der Waals surface area (Å²) in [6.07, 6.45) is 11.6. The molecule has 0 aromatic heterocycles. The molecular weight excluding hydrogens is 222 g/mol. The standard InChI is InChI=1S/C16H29NO/c1-13(2)11-17-12-15-9-6-10-18-16(15)14-7-4-3-5-8-14/h3-4,13-17H,5-12H2,1-2H3. The van der Waals surface area contributed by atoms with Crippen molar-refractivity contribution in [2.45, 2.75) is 52.1 Å². The Labute approximate surface area is 112 Å². The van der Waals surface area contributed by atoms with E-state index >= 15 is 0 Å². The highest BCUT2D eigenvalue weighted by molar-refractivity contribution is 4.95. The van der Waals surface area contributed by atoms with Crippen LogP contribution in [-0.2, 0) is 4.74 Å². The monoisotopic (exact) mass is 251 g/mol. The van der Waals surface area contributed by atoms with Gasteiger partial charge in [0.1, 0.15) is 0 Å². The van der Waals surface area contributed by atoms with Gasteiger partial charge in [-0.05, 0) is 56.4 Å². The smallest absolute Gasteiger partial charge is 0.0646 e. The molecule has 0 saturated carbocycles. The molecule has 104 valence electrons. The first-order valence-electron chi connectivity index (χ1n) is 7.74. The fraction of sp³-hybridized carbons (Fsp3) is 0.875. The van der Waals surface area contributed by atoms with Crippen LogP contribution < -0.4 is 5.32 Å². The summed E-state index contributed by atoms with van der Waals surface area (Å²) in [7, 11) is 0. The number of rotatable bonds is 5. The third kappa shape index (κ3) is 4.10. The van der Waals surface area contributed by atoms with Crippen molar-refractivity contribution in [2.24, 2.45) is 17.8 Å². The number of nitrogens with one attached hydrogen (secondary N) is 1. The van der Waals surface area contributed by atoms with Crippen molar-refractivity contribution in [1.82, 2.24) is 5.32 Å². The van der Waals surface area contributed by atoms with E-state index in [1.807, 2.05) is 0 Å². The Kier molecular flexibility index (Phi) is 5.71. The summed E-state index contributed by atoms with van der Waals surface area (Å²) in [4.78, 5) is 0. The van der Waals surface area contributed by atoms with Crippen molar-refractivity contribution in [3.05, 3.63) is 12.2 Å². The van der Waals surface area contributed by atoms with E-state index in [4.69, 9.17) is 4.74 Å². The van der Waals surface area contributed by atoms with Crippen LogP contribution in [-0.4, -0.2) is 25.8 Å². The van der Waals surface area contributed by atoms with Gasteiger partial charge in [-0.1, -0.05) is 26.0 Å². The Hall–Kier alpha value is -0.340. The molecule has 1 fully saturated rings. The molecule has 1 N–H and O–H groups in total. The molecule has 2 nitrogen and oxygen atoms in total. The maximum Gasteiger partial charge on any atom is 0.0646 e. The van der Waals surface area contributed by atoms with E-state index in [0.29, 0.717) is 6.10 Å². The molecule has 0 spiro atoms. The van der Waals surface area contributed by atoms with Gasteiger partial charge < -0.3 is 10.1 Å². The van der Waals surface area contributed by atoms with Crippen LogP contribution >= 0.6 is 0 Å². The summed E-state index contributed by atoms with van der Waals surface area (Å²) in [6, 6.07) is 0. The molecule has 0 aromatic rings. The Morgan fingerprint density at radius 1 is 1.28 bits per heavy atom. The minimum absolute atomic E-state index is 0.503. The number of hydrogen-bond donors (Lipinski definition) is 1. The fourth-order valence-electron chi connectivity index (χ4n) is 3.28. The van der Waals surface area contributed by atoms with E-state index in [-0.39, 0.29) is 0 Å². The zero-order valence-electron chi connectivity index (χ0n) is 12.0. The molecule has 0 amide bonds. The molecular formula is C16H29NO. The lowest BCUT2D eigenvalue weighted by Gasteiger charge is -2.38. The van der Waals surface area contributed by atoms with Gasteiger partial charge >= 0.3 is 0 Å². The molecule has 1 saturated heterocycles. The molecule has 0 aromatic carbocycles. The molecule has 0 radical (unpaired) electrons. The van der Waals surface area contributed by atoms with Crippen molar-refractivity contribution in [2.75, 3.05) is 19.7 Å². The zero-order chi connectivity index (χ0) is 12.8. The molecule has 0 bridgehead atoms. The first-order chi connectivity index (χ1) is 8.77. The molecule has 2 heteroatoms. The van der Waals surface area contributed by atoms with Crippen molar-refractivity contribution < 1.29 is 4.74 Å². The van der Waals surface area contributed by atoms with Crippen molar-refractivity contribution in [3.63, 3.8) is 0 Å². The lowest BCUT2D eigenvalue weighted by molar-refractivity contribution is -0.0618. The van der Waals surface area contributed by atoms with Crippen LogP contribution in [0.1, 0.15) is 46.0 Å². The summed E-state index contributed by atoms with van der Waals surface area (Å²) in [5, 5.41) is 3.63. The summed E-state index contributed by atoms with van der Waals surface area (Å²) in [6.45, 7) is 7.80. The normalized spacial score (nSPS) is 32.9.